The summed E-state index contributed by atoms with van der Waals surface area (Å²) in [5.74, 6) is 0. The summed E-state index contributed by atoms with van der Waals surface area (Å²) in [6.45, 7) is 10.3. The molecule has 1 aromatic carbocycles. The molecule has 1 aromatic rings. The Morgan fingerprint density at radius 2 is 1.95 bits per heavy atom. The van der Waals surface area contributed by atoms with Crippen LogP contribution in [-0.4, -0.2) is 12.6 Å². The van der Waals surface area contributed by atoms with Gasteiger partial charge >= 0.3 is 0 Å². The van der Waals surface area contributed by atoms with Crippen molar-refractivity contribution in [2.45, 2.75) is 65.8 Å². The second-order valence-electron chi connectivity index (χ2n) is 6.96. The van der Waals surface area contributed by atoms with Gasteiger partial charge in [-0.15, -0.1) is 0 Å². The summed E-state index contributed by atoms with van der Waals surface area (Å²) in [5.41, 5.74) is 5.08. The Hall–Kier alpha value is -0.820. The fraction of sp³-hybridized carbons (Fsp3) is 0.667. The second kappa shape index (κ2) is 6.09. The van der Waals surface area contributed by atoms with Gasteiger partial charge in [-0.05, 0) is 67.7 Å². The largest absolute Gasteiger partial charge is 0.315 e. The SMILES string of the molecule is CCNC(C)CC(C)(C)Cc1ccc2c(c1)CCC2. The van der Waals surface area contributed by atoms with Gasteiger partial charge in [-0.25, -0.2) is 0 Å². The molecule has 106 valence electrons. The number of aryl methyl sites for hydroxylation is 2. The highest BCUT2D eigenvalue weighted by Crippen LogP contribution is 2.30. The van der Waals surface area contributed by atoms with Crippen molar-refractivity contribution in [1.29, 1.82) is 0 Å². The molecule has 0 fully saturated rings. The maximum absolute atomic E-state index is 3.53. The predicted molar refractivity (Wildman–Crippen MR) is 83.7 cm³/mol. The number of fused-ring (bicyclic) bond motifs is 1. The summed E-state index contributed by atoms with van der Waals surface area (Å²) >= 11 is 0. The van der Waals surface area contributed by atoms with Crippen molar-refractivity contribution >= 4 is 0 Å². The fourth-order valence-electron chi connectivity index (χ4n) is 3.61. The summed E-state index contributed by atoms with van der Waals surface area (Å²) in [6, 6.07) is 7.78. The minimum absolute atomic E-state index is 0.369. The van der Waals surface area contributed by atoms with Crippen LogP contribution in [0.15, 0.2) is 18.2 Å². The molecule has 19 heavy (non-hydrogen) atoms. The van der Waals surface area contributed by atoms with Crippen LogP contribution in [0.5, 0.6) is 0 Å². The Morgan fingerprint density at radius 3 is 2.68 bits per heavy atom. The van der Waals surface area contributed by atoms with Crippen LogP contribution in [0.2, 0.25) is 0 Å². The van der Waals surface area contributed by atoms with E-state index >= 15 is 0 Å². The second-order valence-corrected chi connectivity index (χ2v) is 6.96. The molecular formula is C18H29N. The Kier molecular flexibility index (Phi) is 4.67. The monoisotopic (exact) mass is 259 g/mol. The van der Waals surface area contributed by atoms with E-state index in [1.165, 1.54) is 37.7 Å². The van der Waals surface area contributed by atoms with Crippen LogP contribution in [-0.2, 0) is 19.3 Å². The van der Waals surface area contributed by atoms with E-state index in [9.17, 15) is 0 Å². The van der Waals surface area contributed by atoms with Crippen molar-refractivity contribution in [2.75, 3.05) is 6.54 Å². The first kappa shape index (κ1) is 14.6. The lowest BCUT2D eigenvalue weighted by atomic mass is 9.80. The van der Waals surface area contributed by atoms with Crippen molar-refractivity contribution in [3.63, 3.8) is 0 Å². The number of hydrogen-bond donors (Lipinski definition) is 1. The van der Waals surface area contributed by atoms with E-state index in [0.717, 1.165) is 6.54 Å². The van der Waals surface area contributed by atoms with Gasteiger partial charge in [0.2, 0.25) is 0 Å². The van der Waals surface area contributed by atoms with Crippen molar-refractivity contribution in [3.8, 4) is 0 Å². The summed E-state index contributed by atoms with van der Waals surface area (Å²) < 4.78 is 0. The summed E-state index contributed by atoms with van der Waals surface area (Å²) in [7, 11) is 0. The first-order valence-corrected chi connectivity index (χ1v) is 7.84. The van der Waals surface area contributed by atoms with Crippen LogP contribution in [0.4, 0.5) is 0 Å². The molecule has 1 aliphatic rings. The molecule has 0 aliphatic heterocycles. The van der Waals surface area contributed by atoms with Gasteiger partial charge in [-0.3, -0.25) is 0 Å². The van der Waals surface area contributed by atoms with Crippen LogP contribution in [0.1, 0.15) is 57.2 Å². The van der Waals surface area contributed by atoms with Gasteiger partial charge in [0.15, 0.2) is 0 Å². The zero-order chi connectivity index (χ0) is 13.9. The van der Waals surface area contributed by atoms with Crippen molar-refractivity contribution in [1.82, 2.24) is 5.32 Å². The third-order valence-electron chi connectivity index (χ3n) is 4.26. The third-order valence-corrected chi connectivity index (χ3v) is 4.26. The quantitative estimate of drug-likeness (QED) is 0.810. The molecule has 1 atom stereocenters. The maximum Gasteiger partial charge on any atom is 0.00438 e. The highest BCUT2D eigenvalue weighted by atomic mass is 14.9. The average molecular weight is 259 g/mol. The van der Waals surface area contributed by atoms with Crippen LogP contribution in [0.25, 0.3) is 0 Å². The van der Waals surface area contributed by atoms with E-state index in [2.05, 4.69) is 51.2 Å². The van der Waals surface area contributed by atoms with Gasteiger partial charge < -0.3 is 5.32 Å². The number of benzene rings is 1. The zero-order valence-electron chi connectivity index (χ0n) is 13.1. The summed E-state index contributed by atoms with van der Waals surface area (Å²) in [4.78, 5) is 0. The van der Waals surface area contributed by atoms with E-state index in [1.54, 1.807) is 11.1 Å². The minimum atomic E-state index is 0.369. The first-order valence-electron chi connectivity index (χ1n) is 7.84. The molecule has 0 amide bonds. The molecular weight excluding hydrogens is 230 g/mol. The highest BCUT2D eigenvalue weighted by molar-refractivity contribution is 5.35. The molecule has 0 saturated heterocycles. The predicted octanol–water partition coefficient (Wildman–Crippen LogP) is 4.13. The van der Waals surface area contributed by atoms with Gasteiger partial charge in [0.1, 0.15) is 0 Å². The summed E-state index contributed by atoms with van der Waals surface area (Å²) in [5, 5.41) is 3.53. The molecule has 0 bridgehead atoms. The van der Waals surface area contributed by atoms with Crippen LogP contribution in [0, 0.1) is 5.41 Å². The summed E-state index contributed by atoms with van der Waals surface area (Å²) in [6.07, 6.45) is 6.35. The number of rotatable bonds is 6. The lowest BCUT2D eigenvalue weighted by molar-refractivity contribution is 0.289. The first-order chi connectivity index (χ1) is 9.00. The molecule has 0 saturated carbocycles. The molecule has 0 heterocycles. The van der Waals surface area contributed by atoms with Gasteiger partial charge in [-0.2, -0.15) is 0 Å². The molecule has 1 N–H and O–H groups in total. The Balaban J connectivity index is 1.99. The normalized spacial score (nSPS) is 16.4. The Bertz CT molecular complexity index is 420. The topological polar surface area (TPSA) is 12.0 Å². The van der Waals surface area contributed by atoms with Crippen LogP contribution in [0.3, 0.4) is 0 Å². The van der Waals surface area contributed by atoms with Crippen LogP contribution >= 0.6 is 0 Å². The third kappa shape index (κ3) is 4.07. The van der Waals surface area contributed by atoms with Crippen LogP contribution < -0.4 is 5.32 Å². The highest BCUT2D eigenvalue weighted by Gasteiger charge is 2.22. The lowest BCUT2D eigenvalue weighted by Crippen LogP contribution is -2.32. The molecule has 2 rings (SSSR count). The minimum Gasteiger partial charge on any atom is -0.315 e. The van der Waals surface area contributed by atoms with E-state index < -0.39 is 0 Å². The molecule has 1 heteroatoms. The molecule has 0 radical (unpaired) electrons. The Morgan fingerprint density at radius 1 is 1.21 bits per heavy atom. The zero-order valence-corrected chi connectivity index (χ0v) is 13.1. The lowest BCUT2D eigenvalue weighted by Gasteiger charge is -2.29. The number of nitrogens with one attached hydrogen (secondary N) is 1. The van der Waals surface area contributed by atoms with Crippen molar-refractivity contribution < 1.29 is 0 Å². The fourth-order valence-corrected chi connectivity index (χ4v) is 3.61. The molecule has 0 spiro atoms. The number of hydrogen-bond acceptors (Lipinski definition) is 1. The average Bonchev–Trinajstić information content (AvgIpc) is 2.74. The maximum atomic E-state index is 3.53. The standard InChI is InChI=1S/C18H29N/c1-5-19-14(2)12-18(3,4)13-15-9-10-16-7-6-8-17(16)11-15/h9-11,14,19H,5-8,12-13H2,1-4H3. The molecule has 1 unspecified atom stereocenters. The van der Waals surface area contributed by atoms with Gasteiger partial charge in [0, 0.05) is 6.04 Å². The van der Waals surface area contributed by atoms with Gasteiger partial charge in [0.25, 0.3) is 0 Å². The van der Waals surface area contributed by atoms with Crippen molar-refractivity contribution in [3.05, 3.63) is 34.9 Å². The van der Waals surface area contributed by atoms with Gasteiger partial charge in [-0.1, -0.05) is 39.0 Å². The molecule has 0 aromatic heterocycles. The smallest absolute Gasteiger partial charge is 0.00438 e. The Labute approximate surface area is 118 Å². The van der Waals surface area contributed by atoms with Gasteiger partial charge in [0.05, 0.1) is 0 Å². The van der Waals surface area contributed by atoms with E-state index in [1.807, 2.05) is 0 Å². The van der Waals surface area contributed by atoms with E-state index in [-0.39, 0.29) is 0 Å². The van der Waals surface area contributed by atoms with E-state index in [4.69, 9.17) is 0 Å². The van der Waals surface area contributed by atoms with E-state index in [0.29, 0.717) is 11.5 Å². The molecule has 1 nitrogen and oxygen atoms in total. The van der Waals surface area contributed by atoms with Crippen molar-refractivity contribution in [2.24, 2.45) is 5.41 Å². The molecule has 1 aliphatic carbocycles.